The van der Waals surface area contributed by atoms with E-state index in [-0.39, 0.29) is 0 Å². The maximum atomic E-state index is 5.51. The van der Waals surface area contributed by atoms with Crippen molar-refractivity contribution in [1.82, 2.24) is 19.9 Å². The predicted octanol–water partition coefficient (Wildman–Crippen LogP) is 11.3. The Morgan fingerprint density at radius 3 is 1.10 bits per heavy atom. The second-order valence-corrected chi connectivity index (χ2v) is 12.3. The van der Waals surface area contributed by atoms with Crippen LogP contribution in [-0.2, 0) is 0 Å². The van der Waals surface area contributed by atoms with Crippen LogP contribution in [0.2, 0.25) is 0 Å². The lowest BCUT2D eigenvalue weighted by Crippen LogP contribution is -1.91. The van der Waals surface area contributed by atoms with Crippen molar-refractivity contribution in [1.29, 1.82) is 0 Å². The van der Waals surface area contributed by atoms with Crippen molar-refractivity contribution in [2.24, 2.45) is 0 Å². The van der Waals surface area contributed by atoms with Crippen molar-refractivity contribution >= 4 is 46.4 Å². The lowest BCUT2D eigenvalue weighted by Gasteiger charge is -2.07. The van der Waals surface area contributed by atoms with Crippen molar-refractivity contribution in [3.8, 4) is 50.3 Å². The fourth-order valence-corrected chi connectivity index (χ4v) is 6.99. The average Bonchev–Trinajstić information content (AvgIpc) is 4.01. The van der Waals surface area contributed by atoms with Gasteiger partial charge >= 0.3 is 0 Å². The topological polar surface area (TPSA) is 66.6 Å². The number of rotatable bonds is 5. The molecule has 2 N–H and O–H groups in total. The van der Waals surface area contributed by atoms with Crippen LogP contribution in [0.5, 0.6) is 5.75 Å². The highest BCUT2D eigenvalue weighted by Crippen LogP contribution is 2.38. The van der Waals surface area contributed by atoms with E-state index in [0.29, 0.717) is 0 Å². The minimum absolute atomic E-state index is 0.797. The third kappa shape index (κ3) is 5.22. The number of nitrogens with zero attached hydrogens (tertiary/aromatic N) is 2. The Morgan fingerprint density at radius 2 is 0.700 bits per heavy atom. The third-order valence-corrected chi connectivity index (χ3v) is 9.32. The van der Waals surface area contributed by atoms with E-state index in [1.54, 1.807) is 7.11 Å². The van der Waals surface area contributed by atoms with E-state index in [2.05, 4.69) is 150 Å². The Labute approximate surface area is 290 Å². The predicted molar refractivity (Wildman–Crippen MR) is 207 cm³/mol. The molecule has 4 aromatic carbocycles. The first kappa shape index (κ1) is 29.4. The first-order valence-corrected chi connectivity index (χ1v) is 16.7. The molecular formula is C45H32N4O. The Hall–Kier alpha value is -6.72. The maximum Gasteiger partial charge on any atom is 0.118 e. The zero-order valence-corrected chi connectivity index (χ0v) is 27.4. The number of aromatic nitrogens is 4. The number of nitrogens with one attached hydrogen (secondary N) is 2. The van der Waals surface area contributed by atoms with E-state index in [1.165, 1.54) is 0 Å². The lowest BCUT2D eigenvalue weighted by atomic mass is 10.0. The summed E-state index contributed by atoms with van der Waals surface area (Å²) in [5.74, 6) is 0.797. The summed E-state index contributed by atoms with van der Waals surface area (Å²) in [6.45, 7) is 0. The molecule has 9 rings (SSSR count). The van der Waals surface area contributed by atoms with Crippen LogP contribution in [-0.4, -0.2) is 27.0 Å². The largest absolute Gasteiger partial charge is 0.497 e. The van der Waals surface area contributed by atoms with Crippen LogP contribution in [0.15, 0.2) is 140 Å². The van der Waals surface area contributed by atoms with E-state index in [4.69, 9.17) is 14.7 Å². The van der Waals surface area contributed by atoms with E-state index in [9.17, 15) is 0 Å². The summed E-state index contributed by atoms with van der Waals surface area (Å²) >= 11 is 0. The van der Waals surface area contributed by atoms with Gasteiger partial charge in [-0.25, -0.2) is 9.97 Å². The van der Waals surface area contributed by atoms with Gasteiger partial charge in [0.15, 0.2) is 0 Å². The molecule has 0 fully saturated rings. The Morgan fingerprint density at radius 1 is 0.360 bits per heavy atom. The Bertz CT molecular complexity index is 2460. The van der Waals surface area contributed by atoms with Crippen molar-refractivity contribution in [2.75, 3.05) is 7.11 Å². The van der Waals surface area contributed by atoms with E-state index in [0.717, 1.165) is 95.1 Å². The molecule has 238 valence electrons. The zero-order chi connectivity index (χ0) is 33.4. The normalized spacial score (nSPS) is 11.9. The molecule has 0 aliphatic carbocycles. The summed E-state index contributed by atoms with van der Waals surface area (Å²) in [6.07, 6.45) is 8.44. The number of ether oxygens (including phenoxy) is 1. The van der Waals surface area contributed by atoms with Gasteiger partial charge < -0.3 is 14.7 Å². The summed E-state index contributed by atoms with van der Waals surface area (Å²) in [4.78, 5) is 18.3. The molecule has 0 spiro atoms. The minimum Gasteiger partial charge on any atom is -0.497 e. The molecule has 2 aliphatic heterocycles. The quantitative estimate of drug-likeness (QED) is 0.196. The van der Waals surface area contributed by atoms with Crippen LogP contribution in [0.3, 0.4) is 0 Å². The maximum absolute atomic E-state index is 5.51. The monoisotopic (exact) mass is 644 g/mol. The minimum atomic E-state index is 0.797. The van der Waals surface area contributed by atoms with Gasteiger partial charge in [0.25, 0.3) is 0 Å². The van der Waals surface area contributed by atoms with Gasteiger partial charge in [-0.1, -0.05) is 103 Å². The molecule has 0 amide bonds. The van der Waals surface area contributed by atoms with Gasteiger partial charge in [0.05, 0.1) is 29.9 Å². The van der Waals surface area contributed by atoms with Crippen molar-refractivity contribution in [3.05, 3.63) is 162 Å². The number of methoxy groups -OCH3 is 1. The first-order valence-electron chi connectivity index (χ1n) is 16.7. The van der Waals surface area contributed by atoms with Gasteiger partial charge in [-0.3, -0.25) is 0 Å². The first-order chi connectivity index (χ1) is 24.7. The highest BCUT2D eigenvalue weighted by atomic mass is 16.5. The fraction of sp³-hybridized carbons (Fsp3) is 0.0222. The SMILES string of the molecule is COc1ccc(-c2c3nc(c(-c4ccccc4)c4ccc([nH]4)c(-c4ccccc4)c4ccc([nH]4)c(-c4ccccc4)c4nc2C=C4)C=C3)cc1. The molecule has 5 nitrogen and oxygen atoms in total. The molecule has 7 aromatic rings. The fourth-order valence-electron chi connectivity index (χ4n) is 6.99. The van der Waals surface area contributed by atoms with Gasteiger partial charge in [0.1, 0.15) is 5.75 Å². The molecule has 0 saturated heterocycles. The number of hydrogen-bond acceptors (Lipinski definition) is 3. The van der Waals surface area contributed by atoms with Crippen molar-refractivity contribution in [2.45, 2.75) is 0 Å². The highest BCUT2D eigenvalue weighted by molar-refractivity contribution is 6.00. The van der Waals surface area contributed by atoms with Gasteiger partial charge in [0.2, 0.25) is 0 Å². The molecule has 3 aromatic heterocycles. The summed E-state index contributed by atoms with van der Waals surface area (Å²) in [7, 11) is 1.69. The summed E-state index contributed by atoms with van der Waals surface area (Å²) in [5, 5.41) is 0. The van der Waals surface area contributed by atoms with Crippen molar-refractivity contribution < 1.29 is 4.74 Å². The standard InChI is InChI=1S/C45H32N4O/c1-50-33-19-17-32(18-20-33)45-40-27-25-38(48-40)43(30-13-7-3-8-14-30)36-23-21-34(46-36)42(29-11-5-2-6-12-29)35-22-24-37(47-35)44(31-15-9-4-10-16-31)39-26-28-41(45)49-39/h2-28,46-47H,1H3. The van der Waals surface area contributed by atoms with Crippen LogP contribution in [0.1, 0.15) is 22.8 Å². The van der Waals surface area contributed by atoms with Gasteiger partial charge in [-0.05, 0) is 83.0 Å². The molecule has 5 heteroatoms. The van der Waals surface area contributed by atoms with Crippen molar-refractivity contribution in [3.63, 3.8) is 0 Å². The smallest absolute Gasteiger partial charge is 0.118 e. The molecule has 0 unspecified atom stereocenters. The molecular weight excluding hydrogens is 613 g/mol. The van der Waals surface area contributed by atoms with Crippen LogP contribution < -0.4 is 4.74 Å². The van der Waals surface area contributed by atoms with E-state index in [1.807, 2.05) is 24.3 Å². The van der Waals surface area contributed by atoms with E-state index < -0.39 is 0 Å². The number of aromatic amines is 2. The van der Waals surface area contributed by atoms with Gasteiger partial charge in [0, 0.05) is 44.3 Å². The highest BCUT2D eigenvalue weighted by Gasteiger charge is 2.19. The summed E-state index contributed by atoms with van der Waals surface area (Å²) in [5.41, 5.74) is 15.8. The third-order valence-electron chi connectivity index (χ3n) is 9.32. The molecule has 5 heterocycles. The molecule has 0 radical (unpaired) electrons. The molecule has 8 bridgehead atoms. The second-order valence-electron chi connectivity index (χ2n) is 12.3. The van der Waals surface area contributed by atoms with Crippen LogP contribution in [0, 0.1) is 0 Å². The molecule has 50 heavy (non-hydrogen) atoms. The average molecular weight is 645 g/mol. The Kier molecular flexibility index (Phi) is 7.29. The molecule has 2 aliphatic rings. The van der Waals surface area contributed by atoms with Crippen LogP contribution in [0.4, 0.5) is 0 Å². The molecule has 0 atom stereocenters. The number of H-pyrrole nitrogens is 2. The van der Waals surface area contributed by atoms with Crippen LogP contribution in [0.25, 0.3) is 90.9 Å². The summed E-state index contributed by atoms with van der Waals surface area (Å²) in [6, 6.07) is 48.3. The Balaban J connectivity index is 1.47. The zero-order valence-electron chi connectivity index (χ0n) is 27.4. The lowest BCUT2D eigenvalue weighted by molar-refractivity contribution is 0.415. The number of fused-ring (bicyclic) bond motifs is 8. The summed E-state index contributed by atoms with van der Waals surface area (Å²) < 4.78 is 5.51. The van der Waals surface area contributed by atoms with E-state index >= 15 is 0 Å². The second kappa shape index (κ2) is 12.4. The molecule has 0 saturated carbocycles. The van der Waals surface area contributed by atoms with Crippen LogP contribution >= 0.6 is 0 Å². The van der Waals surface area contributed by atoms with Gasteiger partial charge in [-0.2, -0.15) is 0 Å². The number of hydrogen-bond donors (Lipinski definition) is 2. The number of benzene rings is 4. The van der Waals surface area contributed by atoms with Gasteiger partial charge in [-0.15, -0.1) is 0 Å².